The third-order valence-corrected chi connectivity index (χ3v) is 2.29. The number of hydrogen-bond donors (Lipinski definition) is 1. The van der Waals surface area contributed by atoms with Crippen molar-refractivity contribution in [1.29, 1.82) is 0 Å². The molecule has 1 atom stereocenters. The van der Waals surface area contributed by atoms with Gasteiger partial charge < -0.3 is 9.84 Å². The van der Waals surface area contributed by atoms with Crippen molar-refractivity contribution >= 4 is 0 Å². The summed E-state index contributed by atoms with van der Waals surface area (Å²) in [6.07, 6.45) is 2.52. The van der Waals surface area contributed by atoms with Crippen molar-refractivity contribution in [1.82, 2.24) is 0 Å². The molecule has 0 spiro atoms. The highest BCUT2D eigenvalue weighted by atomic mass is 16.5. The van der Waals surface area contributed by atoms with Gasteiger partial charge in [-0.3, -0.25) is 0 Å². The first-order valence-corrected chi connectivity index (χ1v) is 5.59. The van der Waals surface area contributed by atoms with Gasteiger partial charge in [-0.25, -0.2) is 0 Å². The van der Waals surface area contributed by atoms with Crippen molar-refractivity contribution in [3.63, 3.8) is 0 Å². The van der Waals surface area contributed by atoms with Crippen LogP contribution in [0, 0.1) is 0 Å². The summed E-state index contributed by atoms with van der Waals surface area (Å²) in [6, 6.07) is 10.3. The molecule has 0 fully saturated rings. The summed E-state index contributed by atoms with van der Waals surface area (Å²) in [6.45, 7) is 3.32. The van der Waals surface area contributed by atoms with E-state index in [0.29, 0.717) is 0 Å². The average Bonchev–Trinajstić information content (AvgIpc) is 2.24. The standard InChI is InChI=1S/C13H20O2/c1-12(14)6-5-10-15-11-9-13-7-3-2-4-8-13/h2-4,7-8,12,14H,5-6,9-11H2,1H3. The van der Waals surface area contributed by atoms with Crippen LogP contribution in [0.4, 0.5) is 0 Å². The van der Waals surface area contributed by atoms with Crippen molar-refractivity contribution in [2.24, 2.45) is 0 Å². The Morgan fingerprint density at radius 3 is 2.60 bits per heavy atom. The van der Waals surface area contributed by atoms with E-state index in [1.165, 1.54) is 5.56 Å². The van der Waals surface area contributed by atoms with Crippen molar-refractivity contribution in [3.8, 4) is 0 Å². The van der Waals surface area contributed by atoms with Crippen LogP contribution in [-0.4, -0.2) is 24.4 Å². The van der Waals surface area contributed by atoms with E-state index in [4.69, 9.17) is 9.84 Å². The summed E-state index contributed by atoms with van der Waals surface area (Å²) in [7, 11) is 0. The predicted octanol–water partition coefficient (Wildman–Crippen LogP) is 2.41. The molecule has 0 aliphatic carbocycles. The molecule has 0 aromatic heterocycles. The van der Waals surface area contributed by atoms with Gasteiger partial charge in [-0.15, -0.1) is 0 Å². The van der Waals surface area contributed by atoms with Crippen LogP contribution < -0.4 is 0 Å². The van der Waals surface area contributed by atoms with Crippen LogP contribution in [0.1, 0.15) is 25.3 Å². The van der Waals surface area contributed by atoms with E-state index in [2.05, 4.69) is 12.1 Å². The fraction of sp³-hybridized carbons (Fsp3) is 0.538. The molecular weight excluding hydrogens is 188 g/mol. The molecule has 0 heterocycles. The van der Waals surface area contributed by atoms with E-state index >= 15 is 0 Å². The maximum Gasteiger partial charge on any atom is 0.0513 e. The zero-order chi connectivity index (χ0) is 10.9. The second-order valence-electron chi connectivity index (χ2n) is 3.84. The number of ether oxygens (including phenoxy) is 1. The smallest absolute Gasteiger partial charge is 0.0513 e. The molecule has 0 radical (unpaired) electrons. The Morgan fingerprint density at radius 1 is 1.20 bits per heavy atom. The maximum absolute atomic E-state index is 9.03. The molecule has 1 rings (SSSR count). The Hall–Kier alpha value is -0.860. The lowest BCUT2D eigenvalue weighted by atomic mass is 10.2. The molecule has 0 amide bonds. The first-order valence-electron chi connectivity index (χ1n) is 5.59. The SMILES string of the molecule is CC(O)CCCOCCc1ccccc1. The third kappa shape index (κ3) is 6.26. The van der Waals surface area contributed by atoms with Crippen molar-refractivity contribution in [3.05, 3.63) is 35.9 Å². The van der Waals surface area contributed by atoms with E-state index < -0.39 is 0 Å². The quantitative estimate of drug-likeness (QED) is 0.697. The topological polar surface area (TPSA) is 29.5 Å². The molecule has 0 bridgehead atoms. The molecule has 15 heavy (non-hydrogen) atoms. The summed E-state index contributed by atoms with van der Waals surface area (Å²) in [5, 5.41) is 9.03. The lowest BCUT2D eigenvalue weighted by Gasteiger charge is -2.05. The number of rotatable bonds is 7. The highest BCUT2D eigenvalue weighted by Crippen LogP contribution is 2.01. The van der Waals surface area contributed by atoms with Gasteiger partial charge >= 0.3 is 0 Å². The Labute approximate surface area is 91.9 Å². The predicted molar refractivity (Wildman–Crippen MR) is 61.9 cm³/mol. The lowest BCUT2D eigenvalue weighted by Crippen LogP contribution is -2.04. The molecule has 0 aliphatic heterocycles. The van der Waals surface area contributed by atoms with Crippen LogP contribution in [0.5, 0.6) is 0 Å². The van der Waals surface area contributed by atoms with Crippen LogP contribution >= 0.6 is 0 Å². The molecule has 1 N–H and O–H groups in total. The zero-order valence-electron chi connectivity index (χ0n) is 9.36. The van der Waals surface area contributed by atoms with Crippen LogP contribution in [0.3, 0.4) is 0 Å². The monoisotopic (exact) mass is 208 g/mol. The minimum atomic E-state index is -0.206. The fourth-order valence-corrected chi connectivity index (χ4v) is 1.42. The van der Waals surface area contributed by atoms with E-state index in [1.54, 1.807) is 0 Å². The first-order chi connectivity index (χ1) is 7.29. The average molecular weight is 208 g/mol. The normalized spacial score (nSPS) is 12.7. The van der Waals surface area contributed by atoms with Crippen LogP contribution in [0.15, 0.2) is 30.3 Å². The van der Waals surface area contributed by atoms with E-state index in [1.807, 2.05) is 25.1 Å². The van der Waals surface area contributed by atoms with Gasteiger partial charge in [0.15, 0.2) is 0 Å². The largest absolute Gasteiger partial charge is 0.393 e. The molecule has 2 nitrogen and oxygen atoms in total. The van der Waals surface area contributed by atoms with Gasteiger partial charge in [-0.05, 0) is 31.7 Å². The first kappa shape index (κ1) is 12.2. The van der Waals surface area contributed by atoms with Gasteiger partial charge in [0.25, 0.3) is 0 Å². The summed E-state index contributed by atoms with van der Waals surface area (Å²) in [5.74, 6) is 0. The Morgan fingerprint density at radius 2 is 1.93 bits per heavy atom. The Bertz CT molecular complexity index is 244. The summed E-state index contributed by atoms with van der Waals surface area (Å²) in [4.78, 5) is 0. The maximum atomic E-state index is 9.03. The molecule has 84 valence electrons. The molecule has 0 aliphatic rings. The molecule has 1 aromatic carbocycles. The molecule has 0 saturated heterocycles. The zero-order valence-corrected chi connectivity index (χ0v) is 9.36. The van der Waals surface area contributed by atoms with Gasteiger partial charge in [-0.1, -0.05) is 30.3 Å². The van der Waals surface area contributed by atoms with Crippen molar-refractivity contribution in [2.45, 2.75) is 32.3 Å². The number of benzene rings is 1. The minimum absolute atomic E-state index is 0.206. The van der Waals surface area contributed by atoms with Crippen molar-refractivity contribution in [2.75, 3.05) is 13.2 Å². The second-order valence-corrected chi connectivity index (χ2v) is 3.84. The van der Waals surface area contributed by atoms with Gasteiger partial charge in [0, 0.05) is 6.61 Å². The molecule has 1 unspecified atom stereocenters. The van der Waals surface area contributed by atoms with Crippen LogP contribution in [0.2, 0.25) is 0 Å². The van der Waals surface area contributed by atoms with Gasteiger partial charge in [0.05, 0.1) is 12.7 Å². The van der Waals surface area contributed by atoms with Crippen molar-refractivity contribution < 1.29 is 9.84 Å². The highest BCUT2D eigenvalue weighted by molar-refractivity contribution is 5.14. The van der Waals surface area contributed by atoms with E-state index in [0.717, 1.165) is 32.5 Å². The second kappa shape index (κ2) is 7.43. The number of aliphatic hydroxyl groups excluding tert-OH is 1. The summed E-state index contributed by atoms with van der Waals surface area (Å²) in [5.41, 5.74) is 1.31. The molecule has 2 heteroatoms. The molecule has 1 aromatic rings. The Kier molecular flexibility index (Phi) is 6.05. The van der Waals surface area contributed by atoms with E-state index in [-0.39, 0.29) is 6.10 Å². The van der Waals surface area contributed by atoms with Gasteiger partial charge in [0.2, 0.25) is 0 Å². The summed E-state index contributed by atoms with van der Waals surface area (Å²) < 4.78 is 5.48. The molecular formula is C13H20O2. The number of aliphatic hydroxyl groups is 1. The number of hydrogen-bond acceptors (Lipinski definition) is 2. The Balaban J connectivity index is 1.98. The fourth-order valence-electron chi connectivity index (χ4n) is 1.42. The van der Waals surface area contributed by atoms with Gasteiger partial charge in [-0.2, -0.15) is 0 Å². The van der Waals surface area contributed by atoms with Crippen LogP contribution in [0.25, 0.3) is 0 Å². The third-order valence-electron chi connectivity index (χ3n) is 2.29. The summed E-state index contributed by atoms with van der Waals surface area (Å²) >= 11 is 0. The molecule has 0 saturated carbocycles. The van der Waals surface area contributed by atoms with Crippen LogP contribution in [-0.2, 0) is 11.2 Å². The minimum Gasteiger partial charge on any atom is -0.393 e. The highest BCUT2D eigenvalue weighted by Gasteiger charge is 1.96. The van der Waals surface area contributed by atoms with E-state index in [9.17, 15) is 0 Å². The van der Waals surface area contributed by atoms with Gasteiger partial charge in [0.1, 0.15) is 0 Å². The lowest BCUT2D eigenvalue weighted by molar-refractivity contribution is 0.114.